The normalized spacial score (nSPS) is 17.6. The largest absolute Gasteiger partial charge is 0.481 e. The van der Waals surface area contributed by atoms with Crippen molar-refractivity contribution >= 4 is 11.9 Å². The van der Waals surface area contributed by atoms with Crippen molar-refractivity contribution in [1.82, 2.24) is 4.90 Å². The summed E-state index contributed by atoms with van der Waals surface area (Å²) in [6, 6.07) is 0.296. The smallest absolute Gasteiger partial charge is 0.310 e. The van der Waals surface area contributed by atoms with Crippen LogP contribution in [0.1, 0.15) is 71.6 Å². The second-order valence-corrected chi connectivity index (χ2v) is 6.12. The second kappa shape index (κ2) is 7.65. The summed E-state index contributed by atoms with van der Waals surface area (Å²) >= 11 is 0. The highest BCUT2D eigenvalue weighted by atomic mass is 16.4. The van der Waals surface area contributed by atoms with E-state index in [0.717, 1.165) is 12.8 Å². The third kappa shape index (κ3) is 3.97. The standard InChI is InChI=1S/C16H29NO3/c1-4-16(5-2,15(19)20)12-14(18)17(3)13-10-8-6-7-9-11-13/h13H,4-12H2,1-3H3,(H,19,20). The molecule has 0 aromatic heterocycles. The van der Waals surface area contributed by atoms with Crippen LogP contribution in [-0.2, 0) is 9.59 Å². The molecule has 0 aliphatic heterocycles. The van der Waals surface area contributed by atoms with Gasteiger partial charge in [-0.3, -0.25) is 9.59 Å². The van der Waals surface area contributed by atoms with Gasteiger partial charge in [0.1, 0.15) is 0 Å². The van der Waals surface area contributed by atoms with E-state index in [0.29, 0.717) is 18.9 Å². The van der Waals surface area contributed by atoms with E-state index in [1.54, 1.807) is 0 Å². The lowest BCUT2D eigenvalue weighted by atomic mass is 9.79. The molecule has 0 heterocycles. The first-order valence-electron chi connectivity index (χ1n) is 7.96. The van der Waals surface area contributed by atoms with Gasteiger partial charge in [-0.25, -0.2) is 0 Å². The lowest BCUT2D eigenvalue weighted by molar-refractivity contribution is -0.154. The Morgan fingerprint density at radius 3 is 2.00 bits per heavy atom. The molecule has 0 saturated heterocycles. The number of rotatable bonds is 6. The number of aliphatic carboxylic acids is 1. The Bertz CT molecular complexity index is 329. The van der Waals surface area contributed by atoms with Gasteiger partial charge in [-0.2, -0.15) is 0 Å². The van der Waals surface area contributed by atoms with E-state index >= 15 is 0 Å². The van der Waals surface area contributed by atoms with Gasteiger partial charge in [0, 0.05) is 19.5 Å². The summed E-state index contributed by atoms with van der Waals surface area (Å²) in [5.74, 6) is -0.854. The number of amides is 1. The van der Waals surface area contributed by atoms with E-state index in [4.69, 9.17) is 0 Å². The summed E-state index contributed by atoms with van der Waals surface area (Å²) in [6.07, 6.45) is 8.10. The molecule has 1 aliphatic carbocycles. The summed E-state index contributed by atoms with van der Waals surface area (Å²) in [5.41, 5.74) is -0.893. The fraction of sp³-hybridized carbons (Fsp3) is 0.875. The van der Waals surface area contributed by atoms with Crippen LogP contribution in [0.3, 0.4) is 0 Å². The molecule has 4 heteroatoms. The Morgan fingerprint density at radius 1 is 1.10 bits per heavy atom. The number of hydrogen-bond acceptors (Lipinski definition) is 2. The van der Waals surface area contributed by atoms with Crippen molar-refractivity contribution in [2.45, 2.75) is 77.7 Å². The van der Waals surface area contributed by atoms with Gasteiger partial charge in [0.25, 0.3) is 0 Å². The van der Waals surface area contributed by atoms with Crippen LogP contribution in [0.15, 0.2) is 0 Å². The van der Waals surface area contributed by atoms with Crippen molar-refractivity contribution in [2.75, 3.05) is 7.05 Å². The molecule has 0 spiro atoms. The van der Waals surface area contributed by atoms with Crippen LogP contribution in [0, 0.1) is 5.41 Å². The fourth-order valence-corrected chi connectivity index (χ4v) is 3.14. The van der Waals surface area contributed by atoms with Gasteiger partial charge in [0.15, 0.2) is 0 Å². The molecular weight excluding hydrogens is 254 g/mol. The summed E-state index contributed by atoms with van der Waals surface area (Å²) in [6.45, 7) is 3.72. The van der Waals surface area contributed by atoms with Crippen molar-refractivity contribution in [3.05, 3.63) is 0 Å². The van der Waals surface area contributed by atoms with Crippen LogP contribution in [0.5, 0.6) is 0 Å². The molecule has 20 heavy (non-hydrogen) atoms. The van der Waals surface area contributed by atoms with E-state index in [2.05, 4.69) is 0 Å². The number of carboxylic acid groups (broad SMARTS) is 1. The number of carboxylic acids is 1. The molecule has 0 unspecified atom stereocenters. The average Bonchev–Trinajstić information content (AvgIpc) is 2.72. The van der Waals surface area contributed by atoms with Crippen LogP contribution in [0.25, 0.3) is 0 Å². The Hall–Kier alpha value is -1.06. The zero-order valence-corrected chi connectivity index (χ0v) is 13.2. The molecule has 0 radical (unpaired) electrons. The van der Waals surface area contributed by atoms with Crippen LogP contribution >= 0.6 is 0 Å². The summed E-state index contributed by atoms with van der Waals surface area (Å²) in [7, 11) is 1.84. The quantitative estimate of drug-likeness (QED) is 0.760. The van der Waals surface area contributed by atoms with Crippen LogP contribution in [0.4, 0.5) is 0 Å². The first-order chi connectivity index (χ1) is 9.46. The predicted molar refractivity (Wildman–Crippen MR) is 79.5 cm³/mol. The Morgan fingerprint density at radius 2 is 1.60 bits per heavy atom. The van der Waals surface area contributed by atoms with Crippen molar-refractivity contribution in [3.63, 3.8) is 0 Å². The average molecular weight is 283 g/mol. The number of nitrogens with zero attached hydrogens (tertiary/aromatic N) is 1. The van der Waals surface area contributed by atoms with E-state index in [1.165, 1.54) is 25.7 Å². The van der Waals surface area contributed by atoms with Crippen LogP contribution in [0.2, 0.25) is 0 Å². The van der Waals surface area contributed by atoms with Gasteiger partial charge in [-0.05, 0) is 25.7 Å². The molecule has 116 valence electrons. The zero-order chi connectivity index (χ0) is 15.2. The number of carbonyl (C=O) groups excluding carboxylic acids is 1. The monoisotopic (exact) mass is 283 g/mol. The first-order valence-corrected chi connectivity index (χ1v) is 7.96. The molecule has 1 aliphatic rings. The minimum atomic E-state index is -0.893. The van der Waals surface area contributed by atoms with E-state index in [9.17, 15) is 14.7 Å². The molecule has 0 aromatic rings. The minimum Gasteiger partial charge on any atom is -0.481 e. The van der Waals surface area contributed by atoms with Crippen molar-refractivity contribution in [2.24, 2.45) is 5.41 Å². The maximum absolute atomic E-state index is 12.5. The second-order valence-electron chi connectivity index (χ2n) is 6.12. The maximum atomic E-state index is 12.5. The number of carbonyl (C=O) groups is 2. The molecule has 1 N–H and O–H groups in total. The summed E-state index contributed by atoms with van der Waals surface area (Å²) in [4.78, 5) is 25.8. The minimum absolute atomic E-state index is 0.0111. The fourth-order valence-electron chi connectivity index (χ4n) is 3.14. The van der Waals surface area contributed by atoms with E-state index < -0.39 is 11.4 Å². The Balaban J connectivity index is 2.70. The number of hydrogen-bond donors (Lipinski definition) is 1. The van der Waals surface area contributed by atoms with Gasteiger partial charge in [-0.15, -0.1) is 0 Å². The third-order valence-electron chi connectivity index (χ3n) is 5.06. The molecule has 0 atom stereocenters. The molecule has 1 saturated carbocycles. The summed E-state index contributed by atoms with van der Waals surface area (Å²) in [5, 5.41) is 9.44. The van der Waals surface area contributed by atoms with Crippen LogP contribution in [-0.4, -0.2) is 35.0 Å². The van der Waals surface area contributed by atoms with Gasteiger partial charge in [-0.1, -0.05) is 39.5 Å². The lowest BCUT2D eigenvalue weighted by Gasteiger charge is -2.32. The molecule has 1 rings (SSSR count). The van der Waals surface area contributed by atoms with Gasteiger partial charge >= 0.3 is 5.97 Å². The topological polar surface area (TPSA) is 57.6 Å². The lowest BCUT2D eigenvalue weighted by Crippen LogP contribution is -2.42. The van der Waals surface area contributed by atoms with E-state index in [-0.39, 0.29) is 12.3 Å². The molecule has 1 amide bonds. The van der Waals surface area contributed by atoms with Gasteiger partial charge < -0.3 is 10.0 Å². The van der Waals surface area contributed by atoms with Gasteiger partial charge in [0.05, 0.1) is 5.41 Å². The van der Waals surface area contributed by atoms with E-state index in [1.807, 2.05) is 25.8 Å². The SMILES string of the molecule is CCC(CC)(CC(=O)N(C)C1CCCCCC1)C(=O)O. The predicted octanol–water partition coefficient (Wildman–Crippen LogP) is 3.45. The zero-order valence-electron chi connectivity index (χ0n) is 13.2. The summed E-state index contributed by atoms with van der Waals surface area (Å²) < 4.78 is 0. The molecule has 4 nitrogen and oxygen atoms in total. The van der Waals surface area contributed by atoms with Gasteiger partial charge in [0.2, 0.25) is 5.91 Å². The highest BCUT2D eigenvalue weighted by Crippen LogP contribution is 2.32. The van der Waals surface area contributed by atoms with Crippen LogP contribution < -0.4 is 0 Å². The highest BCUT2D eigenvalue weighted by molar-refractivity contribution is 5.85. The maximum Gasteiger partial charge on any atom is 0.310 e. The molecular formula is C16H29NO3. The molecule has 0 aromatic carbocycles. The van der Waals surface area contributed by atoms with Crippen molar-refractivity contribution in [3.8, 4) is 0 Å². The Labute approximate surface area is 122 Å². The van der Waals surface area contributed by atoms with Crippen molar-refractivity contribution in [1.29, 1.82) is 0 Å². The Kier molecular flexibility index (Phi) is 6.50. The van der Waals surface area contributed by atoms with Crippen molar-refractivity contribution < 1.29 is 14.7 Å². The first kappa shape index (κ1) is 17.0. The third-order valence-corrected chi connectivity index (χ3v) is 5.06. The highest BCUT2D eigenvalue weighted by Gasteiger charge is 2.38. The molecule has 0 bridgehead atoms. The molecule has 1 fully saturated rings.